The van der Waals surface area contributed by atoms with Gasteiger partial charge in [-0.3, -0.25) is 9.52 Å². The van der Waals surface area contributed by atoms with E-state index < -0.39 is 10.0 Å². The highest BCUT2D eigenvalue weighted by Crippen LogP contribution is 2.22. The Bertz CT molecular complexity index is 1170. The lowest BCUT2D eigenvalue weighted by Crippen LogP contribution is -2.23. The van der Waals surface area contributed by atoms with Gasteiger partial charge in [-0.25, -0.2) is 8.42 Å². The second-order valence-corrected chi connectivity index (χ2v) is 8.53. The van der Waals surface area contributed by atoms with Crippen molar-refractivity contribution in [1.29, 1.82) is 0 Å². The van der Waals surface area contributed by atoms with Crippen LogP contribution in [0.2, 0.25) is 0 Å². The first-order chi connectivity index (χ1) is 14.8. The van der Waals surface area contributed by atoms with E-state index >= 15 is 0 Å². The van der Waals surface area contributed by atoms with Gasteiger partial charge in [0.05, 0.1) is 24.8 Å². The number of sulfonamides is 1. The molecule has 8 heteroatoms. The SMILES string of the molecule is COc1ccc(S(=O)(=O)Nc2ccc(C(=O)NCc3cccc(OC)c3)cc2C)cc1. The average Bonchev–Trinajstić information content (AvgIpc) is 2.78. The maximum absolute atomic E-state index is 12.6. The highest BCUT2D eigenvalue weighted by atomic mass is 32.2. The van der Waals surface area contributed by atoms with Crippen LogP contribution in [0.4, 0.5) is 5.69 Å². The Morgan fingerprint density at radius 2 is 1.61 bits per heavy atom. The number of rotatable bonds is 8. The number of benzene rings is 3. The van der Waals surface area contributed by atoms with Crippen molar-refractivity contribution < 1.29 is 22.7 Å². The first-order valence-corrected chi connectivity index (χ1v) is 11.0. The fourth-order valence-electron chi connectivity index (χ4n) is 2.94. The predicted octanol–water partition coefficient (Wildman–Crippen LogP) is 3.74. The summed E-state index contributed by atoms with van der Waals surface area (Å²) in [6.07, 6.45) is 0. The van der Waals surface area contributed by atoms with Crippen LogP contribution in [0.15, 0.2) is 71.6 Å². The lowest BCUT2D eigenvalue weighted by Gasteiger charge is -2.13. The van der Waals surface area contributed by atoms with E-state index in [2.05, 4.69) is 10.0 Å². The molecule has 2 N–H and O–H groups in total. The highest BCUT2D eigenvalue weighted by molar-refractivity contribution is 7.92. The summed E-state index contributed by atoms with van der Waals surface area (Å²) in [6, 6.07) is 18.3. The summed E-state index contributed by atoms with van der Waals surface area (Å²) in [7, 11) is -0.663. The Kier molecular flexibility index (Phi) is 6.81. The number of methoxy groups -OCH3 is 2. The molecule has 0 fully saturated rings. The molecular formula is C23H24N2O5S. The van der Waals surface area contributed by atoms with Gasteiger partial charge in [0.25, 0.3) is 15.9 Å². The van der Waals surface area contributed by atoms with Crippen LogP contribution in [0.5, 0.6) is 11.5 Å². The summed E-state index contributed by atoms with van der Waals surface area (Å²) in [5.74, 6) is 1.03. The van der Waals surface area contributed by atoms with Crippen LogP contribution < -0.4 is 19.5 Å². The van der Waals surface area contributed by atoms with E-state index in [1.807, 2.05) is 24.3 Å². The van der Waals surface area contributed by atoms with Gasteiger partial charge in [-0.1, -0.05) is 12.1 Å². The number of carbonyl (C=O) groups excluding carboxylic acids is 1. The zero-order valence-corrected chi connectivity index (χ0v) is 18.3. The van der Waals surface area contributed by atoms with E-state index in [4.69, 9.17) is 9.47 Å². The smallest absolute Gasteiger partial charge is 0.261 e. The molecule has 0 spiro atoms. The van der Waals surface area contributed by atoms with Crippen LogP contribution in [-0.2, 0) is 16.6 Å². The van der Waals surface area contributed by atoms with Gasteiger partial charge in [0.15, 0.2) is 0 Å². The maximum atomic E-state index is 12.6. The van der Waals surface area contributed by atoms with Crippen molar-refractivity contribution in [2.75, 3.05) is 18.9 Å². The number of anilines is 1. The van der Waals surface area contributed by atoms with Crippen molar-refractivity contribution in [3.05, 3.63) is 83.4 Å². The van der Waals surface area contributed by atoms with Crippen LogP contribution in [0.25, 0.3) is 0 Å². The molecule has 162 valence electrons. The second-order valence-electron chi connectivity index (χ2n) is 6.84. The van der Waals surface area contributed by atoms with Crippen molar-refractivity contribution >= 4 is 21.6 Å². The summed E-state index contributed by atoms with van der Waals surface area (Å²) in [6.45, 7) is 2.09. The van der Waals surface area contributed by atoms with Gasteiger partial charge in [-0.05, 0) is 72.6 Å². The molecule has 1 amide bonds. The van der Waals surface area contributed by atoms with Crippen LogP contribution in [0.3, 0.4) is 0 Å². The number of amides is 1. The van der Waals surface area contributed by atoms with E-state index in [-0.39, 0.29) is 10.8 Å². The minimum Gasteiger partial charge on any atom is -0.497 e. The predicted molar refractivity (Wildman–Crippen MR) is 119 cm³/mol. The van der Waals surface area contributed by atoms with Gasteiger partial charge in [-0.2, -0.15) is 0 Å². The number of nitrogens with one attached hydrogen (secondary N) is 2. The van der Waals surface area contributed by atoms with E-state index in [0.717, 1.165) is 11.3 Å². The molecule has 0 aliphatic heterocycles. The summed E-state index contributed by atoms with van der Waals surface area (Å²) in [4.78, 5) is 12.6. The zero-order chi connectivity index (χ0) is 22.4. The minimum atomic E-state index is -3.76. The van der Waals surface area contributed by atoms with Crippen molar-refractivity contribution in [1.82, 2.24) is 5.32 Å². The number of aryl methyl sites for hydroxylation is 1. The molecule has 3 aromatic carbocycles. The third-order valence-electron chi connectivity index (χ3n) is 4.69. The van der Waals surface area contributed by atoms with Crippen LogP contribution in [0.1, 0.15) is 21.5 Å². The Morgan fingerprint density at radius 1 is 0.903 bits per heavy atom. The van der Waals surface area contributed by atoms with E-state index in [1.54, 1.807) is 44.4 Å². The second kappa shape index (κ2) is 9.53. The largest absolute Gasteiger partial charge is 0.497 e. The standard InChI is InChI=1S/C23H24N2O5S/c1-16-13-18(23(26)24-15-17-5-4-6-20(14-17)30-3)7-12-22(16)25-31(27,28)21-10-8-19(29-2)9-11-21/h4-14,25H,15H2,1-3H3,(H,24,26). The van der Waals surface area contributed by atoms with Gasteiger partial charge in [0.1, 0.15) is 11.5 Å². The number of ether oxygens (including phenoxy) is 2. The molecule has 7 nitrogen and oxygen atoms in total. The fourth-order valence-corrected chi connectivity index (χ4v) is 4.08. The summed E-state index contributed by atoms with van der Waals surface area (Å²) >= 11 is 0. The average molecular weight is 441 g/mol. The van der Waals surface area contributed by atoms with Crippen LogP contribution in [-0.4, -0.2) is 28.5 Å². The summed E-state index contributed by atoms with van der Waals surface area (Å²) in [5.41, 5.74) is 2.38. The van der Waals surface area contributed by atoms with Crippen LogP contribution >= 0.6 is 0 Å². The number of hydrogen-bond acceptors (Lipinski definition) is 5. The zero-order valence-electron chi connectivity index (χ0n) is 17.5. The highest BCUT2D eigenvalue weighted by Gasteiger charge is 2.16. The molecule has 0 bridgehead atoms. The molecule has 0 radical (unpaired) electrons. The topological polar surface area (TPSA) is 93.7 Å². The molecule has 0 aliphatic carbocycles. The van der Waals surface area contributed by atoms with Gasteiger partial charge < -0.3 is 14.8 Å². The molecule has 3 rings (SSSR count). The Labute approximate surface area is 182 Å². The monoisotopic (exact) mass is 440 g/mol. The first-order valence-electron chi connectivity index (χ1n) is 9.51. The molecule has 0 saturated carbocycles. The Morgan fingerprint density at radius 3 is 2.26 bits per heavy atom. The van der Waals surface area contributed by atoms with Crippen LogP contribution in [0, 0.1) is 6.92 Å². The third kappa shape index (κ3) is 5.55. The molecule has 0 aliphatic rings. The third-order valence-corrected chi connectivity index (χ3v) is 6.07. The molecule has 0 saturated heterocycles. The van der Waals surface area contributed by atoms with Gasteiger partial charge in [0.2, 0.25) is 0 Å². The normalized spacial score (nSPS) is 10.9. The molecule has 0 atom stereocenters. The van der Waals surface area contributed by atoms with Crippen molar-refractivity contribution in [3.8, 4) is 11.5 Å². The molecule has 0 aromatic heterocycles. The lowest BCUT2D eigenvalue weighted by atomic mass is 10.1. The van der Waals surface area contributed by atoms with Crippen molar-refractivity contribution in [2.45, 2.75) is 18.4 Å². The van der Waals surface area contributed by atoms with E-state index in [0.29, 0.717) is 29.1 Å². The van der Waals surface area contributed by atoms with Crippen molar-refractivity contribution in [3.63, 3.8) is 0 Å². The van der Waals surface area contributed by atoms with Crippen molar-refractivity contribution in [2.24, 2.45) is 0 Å². The Balaban J connectivity index is 1.69. The minimum absolute atomic E-state index is 0.118. The summed E-state index contributed by atoms with van der Waals surface area (Å²) in [5, 5.41) is 2.85. The quantitative estimate of drug-likeness (QED) is 0.557. The van der Waals surface area contributed by atoms with E-state index in [1.165, 1.54) is 19.2 Å². The lowest BCUT2D eigenvalue weighted by molar-refractivity contribution is 0.0951. The first kappa shape index (κ1) is 22.2. The van der Waals surface area contributed by atoms with Gasteiger partial charge >= 0.3 is 0 Å². The molecule has 31 heavy (non-hydrogen) atoms. The Hall–Kier alpha value is -3.52. The van der Waals surface area contributed by atoms with Gasteiger partial charge in [-0.15, -0.1) is 0 Å². The number of hydrogen-bond donors (Lipinski definition) is 2. The summed E-state index contributed by atoms with van der Waals surface area (Å²) < 4.78 is 38.1. The van der Waals surface area contributed by atoms with Gasteiger partial charge in [0, 0.05) is 12.1 Å². The molecule has 0 heterocycles. The van der Waals surface area contributed by atoms with E-state index in [9.17, 15) is 13.2 Å². The number of carbonyl (C=O) groups is 1. The molecular weight excluding hydrogens is 416 g/mol. The molecule has 0 unspecified atom stereocenters. The fraction of sp³-hybridized carbons (Fsp3) is 0.174. The molecule has 3 aromatic rings. The maximum Gasteiger partial charge on any atom is 0.261 e.